The van der Waals surface area contributed by atoms with Crippen LogP contribution in [0.3, 0.4) is 0 Å². The van der Waals surface area contributed by atoms with Crippen LogP contribution < -0.4 is 19.7 Å². The van der Waals surface area contributed by atoms with Gasteiger partial charge in [0, 0.05) is 38.8 Å². The molecule has 1 aliphatic carbocycles. The summed E-state index contributed by atoms with van der Waals surface area (Å²) in [7, 11) is 3.72. The number of piperazine rings is 1. The van der Waals surface area contributed by atoms with Crippen molar-refractivity contribution >= 4 is 34.3 Å². The quantitative estimate of drug-likeness (QED) is 0.422. The van der Waals surface area contributed by atoms with Gasteiger partial charge < -0.3 is 29.6 Å². The van der Waals surface area contributed by atoms with E-state index in [0.717, 1.165) is 49.4 Å². The van der Waals surface area contributed by atoms with Crippen LogP contribution >= 0.6 is 0 Å². The number of rotatable bonds is 6. The number of aromatic nitrogens is 4. The van der Waals surface area contributed by atoms with E-state index in [9.17, 15) is 4.79 Å². The van der Waals surface area contributed by atoms with Crippen LogP contribution in [0.5, 0.6) is 17.5 Å². The van der Waals surface area contributed by atoms with E-state index < -0.39 is 0 Å². The lowest BCUT2D eigenvalue weighted by Gasteiger charge is -2.33. The predicted molar refractivity (Wildman–Crippen MR) is 137 cm³/mol. The van der Waals surface area contributed by atoms with Crippen LogP contribution in [0.25, 0.3) is 11.0 Å². The number of carbonyl (C=O) groups excluding carboxylic acids is 1. The number of aryl methyl sites for hydroxylation is 1. The minimum absolute atomic E-state index is 0.0922. The number of nitrogens with zero attached hydrogens (tertiary/aromatic N) is 5. The smallest absolute Gasteiger partial charge is 0.239 e. The summed E-state index contributed by atoms with van der Waals surface area (Å²) in [5.74, 6) is 2.62. The number of pyridine rings is 1. The molecule has 0 radical (unpaired) electrons. The largest absolute Gasteiger partial charge is 0.479 e. The molecule has 1 aromatic carbocycles. The fourth-order valence-corrected chi connectivity index (χ4v) is 4.72. The van der Waals surface area contributed by atoms with Gasteiger partial charge in [-0.15, -0.1) is 0 Å². The molecular formula is C26H27N7O3. The molecule has 4 heterocycles. The highest BCUT2D eigenvalue weighted by molar-refractivity contribution is 6.03. The van der Waals surface area contributed by atoms with E-state index in [1.54, 1.807) is 19.4 Å². The van der Waals surface area contributed by atoms with Gasteiger partial charge >= 0.3 is 0 Å². The summed E-state index contributed by atoms with van der Waals surface area (Å²) in [5, 5.41) is 3.95. The standard InChI is InChI=1S/C26H27N7O3/c1-32-12-14-33(15-13-32)21-9-7-18(25(29-21)35-2)28-26-30-23-17(10-11-27-23)24(31-26)36-20-5-3-4-16-6-8-19(34)22(16)20/h3-5,7,9-11H,6,8,12-15H2,1-2H3,(H2,27,28,30,31). The van der Waals surface area contributed by atoms with Crippen molar-refractivity contribution in [2.75, 3.05) is 50.6 Å². The van der Waals surface area contributed by atoms with E-state index in [4.69, 9.17) is 14.5 Å². The summed E-state index contributed by atoms with van der Waals surface area (Å²) in [6.45, 7) is 3.82. The summed E-state index contributed by atoms with van der Waals surface area (Å²) >= 11 is 0. The second kappa shape index (κ2) is 9.12. The Hall–Kier alpha value is -4.18. The van der Waals surface area contributed by atoms with Gasteiger partial charge in [0.2, 0.25) is 17.7 Å². The topological polar surface area (TPSA) is 108 Å². The van der Waals surface area contributed by atoms with Crippen LogP contribution in [0, 0.1) is 0 Å². The molecule has 2 N–H and O–H groups in total. The van der Waals surface area contributed by atoms with Crippen molar-refractivity contribution in [3.05, 3.63) is 53.7 Å². The molecule has 0 unspecified atom stereocenters. The Morgan fingerprint density at radius 2 is 1.83 bits per heavy atom. The van der Waals surface area contributed by atoms with E-state index in [1.165, 1.54) is 0 Å². The SMILES string of the molecule is COc1nc(N2CCN(C)CC2)ccc1Nc1nc(Oc2cccc3c2C(=O)CC3)c2cc[nH]c2n1. The van der Waals surface area contributed by atoms with Crippen molar-refractivity contribution in [1.29, 1.82) is 0 Å². The van der Waals surface area contributed by atoms with E-state index in [1.807, 2.05) is 30.3 Å². The Bertz CT molecular complexity index is 1440. The predicted octanol–water partition coefficient (Wildman–Crippen LogP) is 3.78. The van der Waals surface area contributed by atoms with E-state index >= 15 is 0 Å². The average Bonchev–Trinajstić information content (AvgIpc) is 3.52. The number of hydrogen-bond donors (Lipinski definition) is 2. The van der Waals surface area contributed by atoms with Crippen molar-refractivity contribution in [3.8, 4) is 17.5 Å². The molecule has 4 aromatic rings. The first kappa shape index (κ1) is 22.3. The highest BCUT2D eigenvalue weighted by Gasteiger charge is 2.25. The first-order chi connectivity index (χ1) is 17.6. The lowest BCUT2D eigenvalue weighted by molar-refractivity contribution is 0.0992. The monoisotopic (exact) mass is 485 g/mol. The molecule has 184 valence electrons. The molecular weight excluding hydrogens is 458 g/mol. The fraction of sp³-hybridized carbons (Fsp3) is 0.308. The second-order valence-electron chi connectivity index (χ2n) is 9.05. The summed E-state index contributed by atoms with van der Waals surface area (Å²) in [5.41, 5.74) is 2.90. The summed E-state index contributed by atoms with van der Waals surface area (Å²) in [6.07, 6.45) is 3.02. The number of carbonyl (C=O) groups is 1. The summed E-state index contributed by atoms with van der Waals surface area (Å²) in [6, 6.07) is 11.4. The minimum Gasteiger partial charge on any atom is -0.479 e. The summed E-state index contributed by atoms with van der Waals surface area (Å²) < 4.78 is 11.8. The molecule has 0 bridgehead atoms. The first-order valence-corrected chi connectivity index (χ1v) is 12.0. The van der Waals surface area contributed by atoms with Crippen LogP contribution in [0.4, 0.5) is 17.5 Å². The second-order valence-corrected chi connectivity index (χ2v) is 9.05. The Morgan fingerprint density at radius 3 is 2.67 bits per heavy atom. The number of ether oxygens (including phenoxy) is 2. The highest BCUT2D eigenvalue weighted by atomic mass is 16.5. The number of H-pyrrole nitrogens is 1. The molecule has 10 nitrogen and oxygen atoms in total. The number of benzene rings is 1. The number of aromatic amines is 1. The third kappa shape index (κ3) is 4.09. The van der Waals surface area contributed by atoms with Gasteiger partial charge in [-0.25, -0.2) is 0 Å². The van der Waals surface area contributed by atoms with Gasteiger partial charge in [0.1, 0.15) is 22.9 Å². The minimum atomic E-state index is 0.0922. The number of Topliss-reactive ketones (excluding diaryl/α,β-unsaturated/α-hetero) is 1. The molecule has 0 amide bonds. The highest BCUT2D eigenvalue weighted by Crippen LogP contribution is 2.36. The van der Waals surface area contributed by atoms with Gasteiger partial charge in [-0.1, -0.05) is 12.1 Å². The number of methoxy groups -OCH3 is 1. The zero-order valence-electron chi connectivity index (χ0n) is 20.2. The molecule has 0 spiro atoms. The van der Waals surface area contributed by atoms with Gasteiger partial charge in [-0.3, -0.25) is 4.79 Å². The number of fused-ring (bicyclic) bond motifs is 2. The lowest BCUT2D eigenvalue weighted by Crippen LogP contribution is -2.44. The van der Waals surface area contributed by atoms with Gasteiger partial charge in [-0.2, -0.15) is 15.0 Å². The molecule has 1 saturated heterocycles. The van der Waals surface area contributed by atoms with Crippen LogP contribution in [-0.4, -0.2) is 71.0 Å². The molecule has 3 aromatic heterocycles. The zero-order chi connectivity index (χ0) is 24.6. The number of likely N-dealkylation sites (N-methyl/N-ethyl adjacent to an activating group) is 1. The molecule has 10 heteroatoms. The molecule has 0 saturated carbocycles. The normalized spacial score (nSPS) is 15.8. The van der Waals surface area contributed by atoms with Crippen LogP contribution in [0.2, 0.25) is 0 Å². The van der Waals surface area contributed by atoms with Gasteiger partial charge in [-0.05, 0) is 43.3 Å². The first-order valence-electron chi connectivity index (χ1n) is 12.0. The van der Waals surface area contributed by atoms with Gasteiger partial charge in [0.15, 0.2) is 5.78 Å². The number of nitrogens with one attached hydrogen (secondary N) is 2. The van der Waals surface area contributed by atoms with Crippen LogP contribution in [-0.2, 0) is 6.42 Å². The number of anilines is 3. The van der Waals surface area contributed by atoms with Crippen LogP contribution in [0.1, 0.15) is 22.3 Å². The molecule has 0 atom stereocenters. The van der Waals surface area contributed by atoms with Crippen LogP contribution in [0.15, 0.2) is 42.6 Å². The fourth-order valence-electron chi connectivity index (χ4n) is 4.72. The van der Waals surface area contributed by atoms with Crippen molar-refractivity contribution < 1.29 is 14.3 Å². The number of hydrogen-bond acceptors (Lipinski definition) is 9. The summed E-state index contributed by atoms with van der Waals surface area (Å²) in [4.78, 5) is 34.1. The van der Waals surface area contributed by atoms with E-state index in [2.05, 4.69) is 37.1 Å². The third-order valence-electron chi connectivity index (χ3n) is 6.71. The number of ketones is 1. The Morgan fingerprint density at radius 1 is 0.972 bits per heavy atom. The molecule has 2 aliphatic rings. The van der Waals surface area contributed by atoms with Crippen molar-refractivity contribution in [3.63, 3.8) is 0 Å². The van der Waals surface area contributed by atoms with E-state index in [0.29, 0.717) is 46.8 Å². The van der Waals surface area contributed by atoms with Crippen molar-refractivity contribution in [2.45, 2.75) is 12.8 Å². The maximum atomic E-state index is 12.5. The Balaban J connectivity index is 1.31. The Labute approximate surface area is 208 Å². The molecule has 1 aliphatic heterocycles. The van der Waals surface area contributed by atoms with Gasteiger partial charge in [0.05, 0.1) is 18.1 Å². The lowest BCUT2D eigenvalue weighted by atomic mass is 10.1. The molecule has 36 heavy (non-hydrogen) atoms. The maximum Gasteiger partial charge on any atom is 0.239 e. The third-order valence-corrected chi connectivity index (χ3v) is 6.71. The zero-order valence-corrected chi connectivity index (χ0v) is 20.2. The van der Waals surface area contributed by atoms with Gasteiger partial charge in [0.25, 0.3) is 0 Å². The molecule has 1 fully saturated rings. The molecule has 6 rings (SSSR count). The van der Waals surface area contributed by atoms with Crippen molar-refractivity contribution in [1.82, 2.24) is 24.8 Å². The van der Waals surface area contributed by atoms with E-state index in [-0.39, 0.29) is 5.78 Å². The Kier molecular flexibility index (Phi) is 5.65. The average molecular weight is 486 g/mol. The maximum absolute atomic E-state index is 12.5. The van der Waals surface area contributed by atoms with Crippen molar-refractivity contribution in [2.24, 2.45) is 0 Å².